The van der Waals surface area contributed by atoms with Crippen molar-refractivity contribution in [2.75, 3.05) is 0 Å². The molecule has 0 saturated heterocycles. The van der Waals surface area contributed by atoms with Gasteiger partial charge < -0.3 is 10.5 Å². The van der Waals surface area contributed by atoms with Crippen LogP contribution in [0.2, 0.25) is 5.02 Å². The van der Waals surface area contributed by atoms with Crippen molar-refractivity contribution < 1.29 is 17.9 Å². The first-order valence-electron chi connectivity index (χ1n) is 8.44. The Bertz CT molecular complexity index is 742. The first-order chi connectivity index (χ1) is 12.3. The molecule has 1 aromatic heterocycles. The molecule has 0 amide bonds. The first kappa shape index (κ1) is 19.0. The summed E-state index contributed by atoms with van der Waals surface area (Å²) in [5.41, 5.74) is 5.89. The Morgan fingerprint density at radius 1 is 1.23 bits per heavy atom. The quantitative estimate of drug-likeness (QED) is 0.838. The van der Waals surface area contributed by atoms with E-state index in [0.29, 0.717) is 29.4 Å². The number of nitrogens with zero attached hydrogens (tertiary/aromatic N) is 3. The second-order valence-corrected chi connectivity index (χ2v) is 6.95. The van der Waals surface area contributed by atoms with Gasteiger partial charge >= 0.3 is 6.18 Å². The average molecular weight is 389 g/mol. The molecule has 142 valence electrons. The maximum absolute atomic E-state index is 12.9. The molecule has 0 bridgehead atoms. The molecule has 0 unspecified atom stereocenters. The van der Waals surface area contributed by atoms with E-state index in [0.717, 1.165) is 17.5 Å². The molecule has 1 aliphatic carbocycles. The number of nitrogens with two attached hydrogens (primary N) is 1. The Hall–Kier alpha value is -1.80. The van der Waals surface area contributed by atoms with Crippen molar-refractivity contribution in [3.8, 4) is 5.75 Å². The van der Waals surface area contributed by atoms with Gasteiger partial charge in [0.05, 0.1) is 0 Å². The molecule has 9 heteroatoms. The summed E-state index contributed by atoms with van der Waals surface area (Å²) in [6.45, 7) is -1.18. The fourth-order valence-corrected chi connectivity index (χ4v) is 3.31. The number of benzene rings is 1. The molecule has 2 aromatic rings. The maximum Gasteiger partial charge on any atom is 0.408 e. The zero-order valence-corrected chi connectivity index (χ0v) is 14.8. The standard InChI is InChI=1S/C17H20ClF3N4O/c18-12-2-1-3-14(8-12)26-9-15-23-16(11-4-6-13(22)7-5-11)25(24-15)10-17(19,20)21/h1-3,8,11,13H,4-7,9-10,22H2. The predicted molar refractivity (Wildman–Crippen MR) is 91.0 cm³/mol. The van der Waals surface area contributed by atoms with E-state index in [4.69, 9.17) is 22.1 Å². The molecule has 0 radical (unpaired) electrons. The molecular weight excluding hydrogens is 369 g/mol. The summed E-state index contributed by atoms with van der Waals surface area (Å²) in [6.07, 6.45) is -1.38. The van der Waals surface area contributed by atoms with Crippen molar-refractivity contribution in [2.45, 2.75) is 57.0 Å². The molecule has 2 N–H and O–H groups in total. The minimum atomic E-state index is -4.36. The molecule has 1 heterocycles. The molecule has 5 nitrogen and oxygen atoms in total. The highest BCUT2D eigenvalue weighted by Crippen LogP contribution is 2.32. The smallest absolute Gasteiger partial charge is 0.408 e. The van der Waals surface area contributed by atoms with E-state index >= 15 is 0 Å². The summed E-state index contributed by atoms with van der Waals surface area (Å²) < 4.78 is 45.2. The molecule has 0 atom stereocenters. The summed E-state index contributed by atoms with van der Waals surface area (Å²) in [7, 11) is 0. The van der Waals surface area contributed by atoms with Crippen LogP contribution < -0.4 is 10.5 Å². The number of hydrogen-bond donors (Lipinski definition) is 1. The van der Waals surface area contributed by atoms with Gasteiger partial charge in [0.15, 0.2) is 5.82 Å². The van der Waals surface area contributed by atoms with Crippen molar-refractivity contribution in [1.82, 2.24) is 14.8 Å². The summed E-state index contributed by atoms with van der Waals surface area (Å²) >= 11 is 5.89. The fourth-order valence-electron chi connectivity index (χ4n) is 3.13. The predicted octanol–water partition coefficient (Wildman–Crippen LogP) is 4.06. The van der Waals surface area contributed by atoms with E-state index in [1.54, 1.807) is 24.3 Å². The zero-order chi connectivity index (χ0) is 18.7. The van der Waals surface area contributed by atoms with E-state index in [1.165, 1.54) is 0 Å². The van der Waals surface area contributed by atoms with E-state index in [9.17, 15) is 13.2 Å². The van der Waals surface area contributed by atoms with Gasteiger partial charge in [0.25, 0.3) is 0 Å². The van der Waals surface area contributed by atoms with Crippen molar-refractivity contribution >= 4 is 11.6 Å². The van der Waals surface area contributed by atoms with E-state index in [2.05, 4.69) is 10.1 Å². The number of halogens is 4. The summed E-state index contributed by atoms with van der Waals surface area (Å²) in [4.78, 5) is 4.33. The molecular formula is C17H20ClF3N4O. The van der Waals surface area contributed by atoms with E-state index < -0.39 is 12.7 Å². The lowest BCUT2D eigenvalue weighted by molar-refractivity contribution is -0.143. The second-order valence-electron chi connectivity index (χ2n) is 6.52. The highest BCUT2D eigenvalue weighted by atomic mass is 35.5. The van der Waals surface area contributed by atoms with Gasteiger partial charge in [-0.1, -0.05) is 17.7 Å². The Labute approximate surface area is 154 Å². The van der Waals surface area contributed by atoms with Crippen LogP contribution in [0.3, 0.4) is 0 Å². The van der Waals surface area contributed by atoms with Crippen LogP contribution in [0.1, 0.15) is 43.3 Å². The summed E-state index contributed by atoms with van der Waals surface area (Å²) in [6, 6.07) is 6.87. The topological polar surface area (TPSA) is 66.0 Å². The van der Waals surface area contributed by atoms with Crippen molar-refractivity contribution in [3.05, 3.63) is 40.9 Å². The number of ether oxygens (including phenoxy) is 1. The van der Waals surface area contributed by atoms with Crippen LogP contribution in [0, 0.1) is 0 Å². The number of alkyl halides is 3. The number of rotatable bonds is 5. The minimum absolute atomic E-state index is 0.0234. The van der Waals surface area contributed by atoms with Crippen molar-refractivity contribution in [2.24, 2.45) is 5.73 Å². The molecule has 1 aliphatic rings. The highest BCUT2D eigenvalue weighted by Gasteiger charge is 2.33. The Morgan fingerprint density at radius 3 is 2.62 bits per heavy atom. The Morgan fingerprint density at radius 2 is 1.96 bits per heavy atom. The third-order valence-electron chi connectivity index (χ3n) is 4.37. The van der Waals surface area contributed by atoms with E-state index in [1.807, 2.05) is 0 Å². The van der Waals surface area contributed by atoms with Gasteiger partial charge in [0.1, 0.15) is 24.7 Å². The third kappa shape index (κ3) is 5.11. The van der Waals surface area contributed by atoms with Crippen LogP contribution in [-0.4, -0.2) is 27.0 Å². The zero-order valence-electron chi connectivity index (χ0n) is 14.0. The molecule has 3 rings (SSSR count). The highest BCUT2D eigenvalue weighted by molar-refractivity contribution is 6.30. The summed E-state index contributed by atoms with van der Waals surface area (Å²) in [5.74, 6) is 1.03. The van der Waals surface area contributed by atoms with Gasteiger partial charge in [0.2, 0.25) is 0 Å². The van der Waals surface area contributed by atoms with Gasteiger partial charge in [-0.2, -0.15) is 18.3 Å². The van der Waals surface area contributed by atoms with Gasteiger partial charge in [-0.25, -0.2) is 9.67 Å². The number of hydrogen-bond acceptors (Lipinski definition) is 4. The SMILES string of the molecule is NC1CCC(c2nc(COc3cccc(Cl)c3)nn2CC(F)(F)F)CC1. The largest absolute Gasteiger partial charge is 0.485 e. The lowest BCUT2D eigenvalue weighted by Crippen LogP contribution is -2.28. The Balaban J connectivity index is 1.76. The second kappa shape index (κ2) is 7.84. The minimum Gasteiger partial charge on any atom is -0.485 e. The van der Waals surface area contributed by atoms with Crippen LogP contribution in [0.4, 0.5) is 13.2 Å². The van der Waals surface area contributed by atoms with Gasteiger partial charge in [-0.05, 0) is 43.9 Å². The van der Waals surface area contributed by atoms with Gasteiger partial charge in [-0.15, -0.1) is 0 Å². The van der Waals surface area contributed by atoms with Crippen LogP contribution in [0.15, 0.2) is 24.3 Å². The maximum atomic E-state index is 12.9. The van der Waals surface area contributed by atoms with Gasteiger partial charge in [-0.3, -0.25) is 0 Å². The Kier molecular flexibility index (Phi) is 5.72. The average Bonchev–Trinajstić information content (AvgIpc) is 2.94. The third-order valence-corrected chi connectivity index (χ3v) is 4.61. The lowest BCUT2D eigenvalue weighted by atomic mass is 9.86. The molecule has 0 aliphatic heterocycles. The molecule has 1 fully saturated rings. The molecule has 0 spiro atoms. The normalized spacial score (nSPS) is 21.0. The van der Waals surface area contributed by atoms with Crippen molar-refractivity contribution in [3.63, 3.8) is 0 Å². The summed E-state index contributed by atoms with van der Waals surface area (Å²) in [5, 5.41) is 4.53. The fraction of sp³-hybridized carbons (Fsp3) is 0.529. The monoisotopic (exact) mass is 388 g/mol. The van der Waals surface area contributed by atoms with Crippen LogP contribution in [0.25, 0.3) is 0 Å². The molecule has 1 aromatic carbocycles. The number of aromatic nitrogens is 3. The lowest BCUT2D eigenvalue weighted by Gasteiger charge is -2.25. The van der Waals surface area contributed by atoms with Crippen LogP contribution in [0.5, 0.6) is 5.75 Å². The van der Waals surface area contributed by atoms with E-state index in [-0.39, 0.29) is 24.4 Å². The van der Waals surface area contributed by atoms with Gasteiger partial charge in [0, 0.05) is 17.0 Å². The van der Waals surface area contributed by atoms with Crippen molar-refractivity contribution in [1.29, 1.82) is 0 Å². The molecule has 26 heavy (non-hydrogen) atoms. The van der Waals surface area contributed by atoms with Crippen LogP contribution >= 0.6 is 11.6 Å². The first-order valence-corrected chi connectivity index (χ1v) is 8.82. The molecule has 1 saturated carbocycles. The van der Waals surface area contributed by atoms with Crippen LogP contribution in [-0.2, 0) is 13.2 Å².